The number of hydrogen-bond acceptors (Lipinski definition) is 1. The first-order valence-corrected chi connectivity index (χ1v) is 6.51. The van der Waals surface area contributed by atoms with Gasteiger partial charge in [-0.15, -0.1) is 0 Å². The van der Waals surface area contributed by atoms with E-state index >= 15 is 0 Å². The molecule has 2 aliphatic rings. The summed E-state index contributed by atoms with van der Waals surface area (Å²) >= 11 is 3.66. The maximum absolute atomic E-state index is 3.66. The van der Waals surface area contributed by atoms with Crippen LogP contribution >= 0.6 is 15.9 Å². The van der Waals surface area contributed by atoms with E-state index < -0.39 is 0 Å². The fourth-order valence-corrected chi connectivity index (χ4v) is 3.03. The maximum atomic E-state index is 3.66. The van der Waals surface area contributed by atoms with E-state index in [1.54, 1.807) is 11.1 Å². The molecule has 1 saturated carbocycles. The molecular formula is C13H16BrN. The average molecular weight is 266 g/mol. The molecule has 1 aromatic carbocycles. The Morgan fingerprint density at radius 2 is 2.13 bits per heavy atom. The van der Waals surface area contributed by atoms with Crippen molar-refractivity contribution < 1.29 is 0 Å². The molecule has 1 aliphatic heterocycles. The van der Waals surface area contributed by atoms with Gasteiger partial charge >= 0.3 is 0 Å². The summed E-state index contributed by atoms with van der Waals surface area (Å²) < 4.78 is 1.27. The first-order chi connectivity index (χ1) is 7.21. The number of aryl methyl sites for hydroxylation is 1. The Kier molecular flexibility index (Phi) is 2.18. The van der Waals surface area contributed by atoms with Crippen molar-refractivity contribution in [3.05, 3.63) is 33.3 Å². The number of benzene rings is 1. The Balaban J connectivity index is 2.15. The van der Waals surface area contributed by atoms with Gasteiger partial charge in [0.1, 0.15) is 0 Å². The van der Waals surface area contributed by atoms with Crippen LogP contribution in [0.2, 0.25) is 0 Å². The number of rotatable bonds is 0. The summed E-state index contributed by atoms with van der Waals surface area (Å²) in [7, 11) is 0. The normalized spacial score (nSPS) is 22.3. The Morgan fingerprint density at radius 1 is 1.33 bits per heavy atom. The maximum Gasteiger partial charge on any atom is 0.0207 e. The number of fused-ring (bicyclic) bond motifs is 2. The lowest BCUT2D eigenvalue weighted by molar-refractivity contribution is 0.602. The van der Waals surface area contributed by atoms with Crippen molar-refractivity contribution in [3.63, 3.8) is 0 Å². The van der Waals surface area contributed by atoms with Gasteiger partial charge in [-0.3, -0.25) is 0 Å². The third-order valence-corrected chi connectivity index (χ3v) is 4.70. The minimum Gasteiger partial charge on any atom is -0.316 e. The highest BCUT2D eigenvalue weighted by atomic mass is 79.9. The molecule has 0 atom stereocenters. The van der Waals surface area contributed by atoms with Gasteiger partial charge in [0.15, 0.2) is 0 Å². The van der Waals surface area contributed by atoms with Crippen LogP contribution in [0.1, 0.15) is 29.5 Å². The quantitative estimate of drug-likeness (QED) is 0.761. The molecule has 1 aromatic rings. The molecule has 0 unspecified atom stereocenters. The van der Waals surface area contributed by atoms with Gasteiger partial charge in [0.05, 0.1) is 0 Å². The topological polar surface area (TPSA) is 12.0 Å². The van der Waals surface area contributed by atoms with E-state index in [0.717, 1.165) is 6.54 Å². The van der Waals surface area contributed by atoms with Crippen LogP contribution in [0.5, 0.6) is 0 Å². The van der Waals surface area contributed by atoms with Crippen LogP contribution in [-0.2, 0) is 11.8 Å². The van der Waals surface area contributed by atoms with E-state index in [1.807, 2.05) is 0 Å². The third-order valence-electron chi connectivity index (χ3n) is 3.84. The second-order valence-electron chi connectivity index (χ2n) is 4.97. The van der Waals surface area contributed by atoms with Crippen LogP contribution in [-0.4, -0.2) is 13.1 Å². The minimum absolute atomic E-state index is 0.488. The molecule has 15 heavy (non-hydrogen) atoms. The Bertz CT molecular complexity index is 407. The van der Waals surface area contributed by atoms with E-state index in [-0.39, 0.29) is 0 Å². The van der Waals surface area contributed by atoms with Crippen LogP contribution in [0, 0.1) is 6.92 Å². The molecule has 1 heterocycles. The first-order valence-electron chi connectivity index (χ1n) is 5.72. The lowest BCUT2D eigenvalue weighted by Gasteiger charge is -2.17. The molecule has 1 aliphatic carbocycles. The highest BCUT2D eigenvalue weighted by Crippen LogP contribution is 2.50. The lowest BCUT2D eigenvalue weighted by atomic mass is 9.90. The predicted molar refractivity (Wildman–Crippen MR) is 66.4 cm³/mol. The zero-order chi connectivity index (χ0) is 10.5. The predicted octanol–water partition coefficient (Wildman–Crippen LogP) is 2.93. The smallest absolute Gasteiger partial charge is 0.0207 e. The molecule has 3 rings (SSSR count). The van der Waals surface area contributed by atoms with Gasteiger partial charge in [0, 0.05) is 16.4 Å². The van der Waals surface area contributed by atoms with Crippen molar-refractivity contribution in [2.75, 3.05) is 13.1 Å². The van der Waals surface area contributed by atoms with Gasteiger partial charge in [0.2, 0.25) is 0 Å². The van der Waals surface area contributed by atoms with Crippen LogP contribution in [0.4, 0.5) is 0 Å². The Labute approximate surface area is 99.4 Å². The molecule has 0 amide bonds. The average Bonchev–Trinajstić information content (AvgIpc) is 3.00. The fraction of sp³-hybridized carbons (Fsp3) is 0.538. The van der Waals surface area contributed by atoms with E-state index in [4.69, 9.17) is 0 Å². The van der Waals surface area contributed by atoms with Gasteiger partial charge < -0.3 is 5.32 Å². The van der Waals surface area contributed by atoms with E-state index in [2.05, 4.69) is 40.3 Å². The molecule has 0 radical (unpaired) electrons. The largest absolute Gasteiger partial charge is 0.316 e. The van der Waals surface area contributed by atoms with Crippen molar-refractivity contribution in [1.29, 1.82) is 0 Å². The van der Waals surface area contributed by atoms with Gasteiger partial charge in [-0.05, 0) is 55.5 Å². The fourth-order valence-electron chi connectivity index (χ4n) is 2.68. The minimum atomic E-state index is 0.488. The molecule has 2 heteroatoms. The van der Waals surface area contributed by atoms with E-state index in [9.17, 15) is 0 Å². The molecule has 1 nitrogen and oxygen atoms in total. The summed E-state index contributed by atoms with van der Waals surface area (Å²) in [5.74, 6) is 0. The summed E-state index contributed by atoms with van der Waals surface area (Å²) in [6.45, 7) is 4.49. The zero-order valence-corrected chi connectivity index (χ0v) is 10.7. The molecule has 1 spiro atoms. The molecule has 1 N–H and O–H groups in total. The van der Waals surface area contributed by atoms with E-state index in [1.165, 1.54) is 35.8 Å². The standard InChI is InChI=1S/C13H16BrN/c1-9-6-10-2-5-15-8-13(3-4-13)11(10)7-12(9)14/h6-7,15H,2-5,8H2,1H3. The highest BCUT2D eigenvalue weighted by Gasteiger charge is 2.45. The summed E-state index contributed by atoms with van der Waals surface area (Å²) in [4.78, 5) is 0. The summed E-state index contributed by atoms with van der Waals surface area (Å²) in [6.07, 6.45) is 3.91. The van der Waals surface area contributed by atoms with Crippen LogP contribution in [0.25, 0.3) is 0 Å². The van der Waals surface area contributed by atoms with Crippen LogP contribution in [0.15, 0.2) is 16.6 Å². The van der Waals surface area contributed by atoms with Crippen molar-refractivity contribution >= 4 is 15.9 Å². The summed E-state index contributed by atoms with van der Waals surface area (Å²) in [5, 5.41) is 3.57. The van der Waals surface area contributed by atoms with Gasteiger partial charge in [0.25, 0.3) is 0 Å². The van der Waals surface area contributed by atoms with Crippen molar-refractivity contribution in [1.82, 2.24) is 5.32 Å². The number of halogens is 1. The monoisotopic (exact) mass is 265 g/mol. The molecule has 0 aromatic heterocycles. The zero-order valence-electron chi connectivity index (χ0n) is 9.07. The summed E-state index contributed by atoms with van der Waals surface area (Å²) in [6, 6.07) is 4.73. The van der Waals surface area contributed by atoms with E-state index in [0.29, 0.717) is 5.41 Å². The molecule has 0 bridgehead atoms. The van der Waals surface area contributed by atoms with Crippen LogP contribution in [0.3, 0.4) is 0 Å². The second-order valence-corrected chi connectivity index (χ2v) is 5.82. The van der Waals surface area contributed by atoms with Crippen molar-refractivity contribution in [2.24, 2.45) is 0 Å². The van der Waals surface area contributed by atoms with Crippen molar-refractivity contribution in [2.45, 2.75) is 31.6 Å². The molecule has 1 fully saturated rings. The van der Waals surface area contributed by atoms with Crippen molar-refractivity contribution in [3.8, 4) is 0 Å². The van der Waals surface area contributed by atoms with Gasteiger partial charge in [-0.2, -0.15) is 0 Å². The number of nitrogens with one attached hydrogen (secondary N) is 1. The lowest BCUT2D eigenvalue weighted by Crippen LogP contribution is -2.24. The third kappa shape index (κ3) is 1.55. The first kappa shape index (κ1) is 9.86. The Hall–Kier alpha value is -0.340. The molecule has 80 valence electrons. The molecule has 0 saturated heterocycles. The second kappa shape index (κ2) is 3.33. The SMILES string of the molecule is Cc1cc2c(cc1Br)C1(CC1)CNCC2. The van der Waals surface area contributed by atoms with Gasteiger partial charge in [-0.25, -0.2) is 0 Å². The number of hydrogen-bond donors (Lipinski definition) is 1. The molecular weight excluding hydrogens is 250 g/mol. The van der Waals surface area contributed by atoms with Gasteiger partial charge in [-0.1, -0.05) is 22.0 Å². The summed E-state index contributed by atoms with van der Waals surface area (Å²) in [5.41, 5.74) is 5.02. The highest BCUT2D eigenvalue weighted by molar-refractivity contribution is 9.10. The van der Waals surface area contributed by atoms with Crippen LogP contribution < -0.4 is 5.32 Å². The Morgan fingerprint density at radius 3 is 2.87 bits per heavy atom.